The third-order valence-electron chi connectivity index (χ3n) is 4.07. The molecule has 1 fully saturated rings. The summed E-state index contributed by atoms with van der Waals surface area (Å²) in [6.45, 7) is 2.45. The van der Waals surface area contributed by atoms with Crippen LogP contribution in [0, 0.1) is 0 Å². The number of hydrogen-bond acceptors (Lipinski definition) is 3. The Kier molecular flexibility index (Phi) is 5.21. The Balaban J connectivity index is 2.40. The predicted octanol–water partition coefficient (Wildman–Crippen LogP) is 3.32. The molecule has 0 amide bonds. The van der Waals surface area contributed by atoms with Crippen molar-refractivity contribution in [1.82, 2.24) is 10.0 Å². The van der Waals surface area contributed by atoms with Gasteiger partial charge in [0.2, 0.25) is 10.0 Å². The van der Waals surface area contributed by atoms with Crippen molar-refractivity contribution < 1.29 is 8.42 Å². The number of sulfonamides is 1. The molecule has 0 spiro atoms. The molecule has 21 heavy (non-hydrogen) atoms. The van der Waals surface area contributed by atoms with Gasteiger partial charge in [-0.15, -0.1) is 0 Å². The van der Waals surface area contributed by atoms with E-state index in [0.717, 1.165) is 25.7 Å². The molecule has 1 aromatic rings. The summed E-state index contributed by atoms with van der Waals surface area (Å²) in [6.07, 6.45) is 3.55. The second-order valence-corrected chi connectivity index (χ2v) is 7.97. The quantitative estimate of drug-likeness (QED) is 0.827. The van der Waals surface area contributed by atoms with Gasteiger partial charge in [0.15, 0.2) is 0 Å². The average Bonchev–Trinajstić information content (AvgIpc) is 2.38. The van der Waals surface area contributed by atoms with Gasteiger partial charge < -0.3 is 5.32 Å². The van der Waals surface area contributed by atoms with Crippen molar-refractivity contribution in [2.45, 2.75) is 49.6 Å². The highest BCUT2D eigenvalue weighted by molar-refractivity contribution is 7.89. The highest BCUT2D eigenvalue weighted by Crippen LogP contribution is 2.37. The predicted molar refractivity (Wildman–Crippen MR) is 86.4 cm³/mol. The van der Waals surface area contributed by atoms with Crippen molar-refractivity contribution in [3.8, 4) is 0 Å². The van der Waals surface area contributed by atoms with Gasteiger partial charge in [-0.05, 0) is 50.4 Å². The Hall–Kier alpha value is -0.330. The van der Waals surface area contributed by atoms with Crippen molar-refractivity contribution >= 4 is 33.2 Å². The van der Waals surface area contributed by atoms with Crippen LogP contribution < -0.4 is 10.0 Å². The number of hydrogen-bond donors (Lipinski definition) is 2. The zero-order valence-corrected chi connectivity index (χ0v) is 14.5. The number of rotatable bonds is 6. The van der Waals surface area contributed by atoms with Crippen LogP contribution in [0.15, 0.2) is 17.0 Å². The van der Waals surface area contributed by atoms with Crippen molar-refractivity contribution in [3.63, 3.8) is 0 Å². The Morgan fingerprint density at radius 3 is 2.43 bits per heavy atom. The Labute approximate surface area is 136 Å². The first-order valence-electron chi connectivity index (χ1n) is 7.00. The molecule has 0 heterocycles. The lowest BCUT2D eigenvalue weighted by Crippen LogP contribution is -2.52. The molecule has 0 aromatic heterocycles. The van der Waals surface area contributed by atoms with Crippen LogP contribution in [0.2, 0.25) is 10.0 Å². The second-order valence-electron chi connectivity index (χ2n) is 5.50. The van der Waals surface area contributed by atoms with E-state index in [4.69, 9.17) is 23.2 Å². The van der Waals surface area contributed by atoms with Crippen molar-refractivity contribution in [1.29, 1.82) is 0 Å². The zero-order chi connectivity index (χ0) is 15.7. The van der Waals surface area contributed by atoms with Crippen LogP contribution in [0.25, 0.3) is 0 Å². The molecule has 7 heteroatoms. The summed E-state index contributed by atoms with van der Waals surface area (Å²) < 4.78 is 28.1. The van der Waals surface area contributed by atoms with E-state index < -0.39 is 10.0 Å². The van der Waals surface area contributed by atoms with Gasteiger partial charge in [-0.3, -0.25) is 0 Å². The molecule has 1 saturated carbocycles. The molecule has 118 valence electrons. The molecule has 1 aromatic carbocycles. The Morgan fingerprint density at radius 2 is 1.95 bits per heavy atom. The summed E-state index contributed by atoms with van der Waals surface area (Å²) in [6, 6.07) is 3.09. The summed E-state index contributed by atoms with van der Waals surface area (Å²) >= 11 is 12.3. The standard InChI is InChI=1S/C14H20Cl2N2O2S/c1-3-14(5-4-6-14)18-21(19,20)12-8-11(15)7-10(9-17-2)13(12)16/h7-8,17-18H,3-6,9H2,1-2H3. The van der Waals surface area contributed by atoms with Gasteiger partial charge in [0.25, 0.3) is 0 Å². The lowest BCUT2D eigenvalue weighted by molar-refractivity contribution is 0.214. The third kappa shape index (κ3) is 3.54. The third-order valence-corrected chi connectivity index (χ3v) is 6.45. The SMILES string of the molecule is CCC1(NS(=O)(=O)c2cc(Cl)cc(CNC)c2Cl)CCC1. The normalized spacial score (nSPS) is 17.5. The summed E-state index contributed by atoms with van der Waals surface area (Å²) in [4.78, 5) is 0.0571. The van der Waals surface area contributed by atoms with Crippen molar-refractivity contribution in [2.24, 2.45) is 0 Å². The Morgan fingerprint density at radius 1 is 1.29 bits per heavy atom. The lowest BCUT2D eigenvalue weighted by atomic mass is 9.76. The van der Waals surface area contributed by atoms with E-state index in [1.807, 2.05) is 6.92 Å². The molecule has 1 aliphatic carbocycles. The van der Waals surface area contributed by atoms with Crippen LogP contribution in [-0.2, 0) is 16.6 Å². The minimum absolute atomic E-state index is 0.0571. The molecule has 0 atom stereocenters. The van der Waals surface area contributed by atoms with Crippen LogP contribution >= 0.6 is 23.2 Å². The molecule has 0 unspecified atom stereocenters. The molecule has 0 saturated heterocycles. The first kappa shape index (κ1) is 17.0. The summed E-state index contributed by atoms with van der Waals surface area (Å²) in [7, 11) is -1.91. The fourth-order valence-electron chi connectivity index (χ4n) is 2.60. The lowest BCUT2D eigenvalue weighted by Gasteiger charge is -2.41. The molecular weight excluding hydrogens is 331 g/mol. The maximum atomic E-state index is 12.7. The average molecular weight is 351 g/mol. The first-order valence-corrected chi connectivity index (χ1v) is 9.24. The largest absolute Gasteiger partial charge is 0.316 e. The summed E-state index contributed by atoms with van der Waals surface area (Å²) in [5, 5.41) is 3.55. The molecule has 1 aliphatic rings. The minimum atomic E-state index is -3.68. The molecule has 0 bridgehead atoms. The molecule has 2 rings (SSSR count). The van der Waals surface area contributed by atoms with E-state index in [0.29, 0.717) is 17.1 Å². The van der Waals surface area contributed by atoms with Gasteiger partial charge in [-0.25, -0.2) is 13.1 Å². The van der Waals surface area contributed by atoms with Crippen LogP contribution in [0.4, 0.5) is 0 Å². The van der Waals surface area contributed by atoms with E-state index in [2.05, 4.69) is 10.0 Å². The van der Waals surface area contributed by atoms with E-state index in [-0.39, 0.29) is 15.5 Å². The molecule has 0 aliphatic heterocycles. The van der Waals surface area contributed by atoms with Gasteiger partial charge in [-0.2, -0.15) is 0 Å². The number of nitrogens with one attached hydrogen (secondary N) is 2. The van der Waals surface area contributed by atoms with Gasteiger partial charge in [0.1, 0.15) is 4.90 Å². The zero-order valence-electron chi connectivity index (χ0n) is 12.2. The molecule has 0 radical (unpaired) electrons. The topological polar surface area (TPSA) is 58.2 Å². The van der Waals surface area contributed by atoms with E-state index >= 15 is 0 Å². The monoisotopic (exact) mass is 350 g/mol. The molecule has 4 nitrogen and oxygen atoms in total. The minimum Gasteiger partial charge on any atom is -0.316 e. The summed E-state index contributed by atoms with van der Waals surface area (Å²) in [5.74, 6) is 0. The van der Waals surface area contributed by atoms with Gasteiger partial charge >= 0.3 is 0 Å². The number of halogens is 2. The number of benzene rings is 1. The van der Waals surface area contributed by atoms with E-state index in [1.54, 1.807) is 13.1 Å². The van der Waals surface area contributed by atoms with Gasteiger partial charge in [-0.1, -0.05) is 30.1 Å². The maximum absolute atomic E-state index is 12.7. The highest BCUT2D eigenvalue weighted by atomic mass is 35.5. The maximum Gasteiger partial charge on any atom is 0.242 e. The summed E-state index contributed by atoms with van der Waals surface area (Å²) in [5.41, 5.74) is 0.347. The fraction of sp³-hybridized carbons (Fsp3) is 0.571. The fourth-order valence-corrected chi connectivity index (χ4v) is 5.07. The van der Waals surface area contributed by atoms with Crippen LogP contribution in [0.5, 0.6) is 0 Å². The van der Waals surface area contributed by atoms with E-state index in [9.17, 15) is 8.42 Å². The Bertz CT molecular complexity index is 623. The smallest absolute Gasteiger partial charge is 0.242 e. The first-order chi connectivity index (χ1) is 9.83. The van der Waals surface area contributed by atoms with Crippen LogP contribution in [0.1, 0.15) is 38.2 Å². The molecule has 2 N–H and O–H groups in total. The van der Waals surface area contributed by atoms with E-state index in [1.165, 1.54) is 6.07 Å². The van der Waals surface area contributed by atoms with Gasteiger partial charge in [0.05, 0.1) is 5.02 Å². The molecular formula is C14H20Cl2N2O2S. The van der Waals surface area contributed by atoms with Crippen LogP contribution in [-0.4, -0.2) is 21.0 Å². The van der Waals surface area contributed by atoms with Crippen LogP contribution in [0.3, 0.4) is 0 Å². The second kappa shape index (κ2) is 6.42. The highest BCUT2D eigenvalue weighted by Gasteiger charge is 2.39. The van der Waals surface area contributed by atoms with Crippen molar-refractivity contribution in [2.75, 3.05) is 7.05 Å². The van der Waals surface area contributed by atoms with Gasteiger partial charge in [0, 0.05) is 17.1 Å². The van der Waals surface area contributed by atoms with Crippen molar-refractivity contribution in [3.05, 3.63) is 27.7 Å².